The summed E-state index contributed by atoms with van der Waals surface area (Å²) in [5, 5.41) is 19.2. The van der Waals surface area contributed by atoms with E-state index >= 15 is 0 Å². The highest BCUT2D eigenvalue weighted by Crippen LogP contribution is 2.29. The third kappa shape index (κ3) is 4.84. The van der Waals surface area contributed by atoms with Crippen LogP contribution in [0.15, 0.2) is 42.7 Å². The van der Waals surface area contributed by atoms with Gasteiger partial charge in [-0.15, -0.1) is 10.2 Å². The molecule has 3 aromatic heterocycles. The summed E-state index contributed by atoms with van der Waals surface area (Å²) in [6.07, 6.45) is 7.86. The Bertz CT molecular complexity index is 1100. The first-order valence-corrected chi connectivity index (χ1v) is 10.9. The summed E-state index contributed by atoms with van der Waals surface area (Å²) in [5.41, 5.74) is 4.13. The van der Waals surface area contributed by atoms with Crippen LogP contribution in [0.4, 0.5) is 0 Å². The number of H-pyrrole nitrogens is 1. The number of aryl methyl sites for hydroxylation is 1. The Labute approximate surface area is 182 Å². The van der Waals surface area contributed by atoms with Crippen LogP contribution in [0.2, 0.25) is 0 Å². The second-order valence-corrected chi connectivity index (χ2v) is 8.00. The van der Waals surface area contributed by atoms with Gasteiger partial charge < -0.3 is 0 Å². The summed E-state index contributed by atoms with van der Waals surface area (Å²) in [6, 6.07) is 10.4. The number of benzene rings is 1. The van der Waals surface area contributed by atoms with Crippen molar-refractivity contribution >= 4 is 0 Å². The number of tetrazole rings is 1. The molecule has 4 aromatic rings. The fourth-order valence-electron chi connectivity index (χ4n) is 3.54. The van der Waals surface area contributed by atoms with Gasteiger partial charge in [-0.3, -0.25) is 4.98 Å². The molecular weight excluding hydrogens is 388 g/mol. The first-order valence-electron chi connectivity index (χ1n) is 10.9. The summed E-state index contributed by atoms with van der Waals surface area (Å²) < 4.78 is 2.09. The van der Waals surface area contributed by atoms with Gasteiger partial charge in [0, 0.05) is 42.4 Å². The number of nitrogens with one attached hydrogen (secondary N) is 1. The number of nitrogens with zero attached hydrogens (tertiary/aromatic N) is 7. The number of rotatable bonds is 9. The summed E-state index contributed by atoms with van der Waals surface area (Å²) in [6.45, 7) is 7.42. The van der Waals surface area contributed by atoms with Crippen LogP contribution in [0.3, 0.4) is 0 Å². The number of hydrogen-bond donors (Lipinski definition) is 1. The predicted molar refractivity (Wildman–Crippen MR) is 119 cm³/mol. The van der Waals surface area contributed by atoms with Crippen molar-refractivity contribution in [2.75, 3.05) is 0 Å². The summed E-state index contributed by atoms with van der Waals surface area (Å²) in [7, 11) is 0. The lowest BCUT2D eigenvalue weighted by molar-refractivity contribution is 0.529. The fourth-order valence-corrected chi connectivity index (χ4v) is 3.54. The topological polar surface area (TPSA) is 98.1 Å². The average Bonchev–Trinajstić information content (AvgIpc) is 3.45. The number of unbranched alkanes of at least 4 members (excludes halogenated alkanes) is 2. The molecule has 0 atom stereocenters. The molecule has 0 aliphatic carbocycles. The van der Waals surface area contributed by atoms with Crippen molar-refractivity contribution < 1.29 is 0 Å². The average molecular weight is 417 g/mol. The molecule has 0 radical (unpaired) electrons. The summed E-state index contributed by atoms with van der Waals surface area (Å²) in [5.74, 6) is 2.83. The summed E-state index contributed by atoms with van der Waals surface area (Å²) >= 11 is 0. The molecule has 1 aromatic carbocycles. The Morgan fingerprint density at radius 2 is 1.87 bits per heavy atom. The van der Waals surface area contributed by atoms with Crippen molar-refractivity contribution in [3.8, 4) is 22.5 Å². The number of hydrogen-bond acceptors (Lipinski definition) is 6. The maximum absolute atomic E-state index is 4.83. The highest BCUT2D eigenvalue weighted by atomic mass is 15.5. The van der Waals surface area contributed by atoms with E-state index in [1.165, 1.54) is 18.4 Å². The van der Waals surface area contributed by atoms with E-state index in [4.69, 9.17) is 10.1 Å². The molecule has 160 valence electrons. The predicted octanol–water partition coefficient (Wildman–Crippen LogP) is 4.42. The standard InChI is InChI=1S/C23H28N8/c1-4-5-6-13-31-21(25-22(28-31)16(2)3)14-17-7-9-18(10-8-17)20-15-24-12-11-19(20)23-26-29-30-27-23/h7-12,15-16H,4-6,13-14H2,1-3H3,(H,26,27,29,30). The molecule has 0 spiro atoms. The molecule has 0 bridgehead atoms. The van der Waals surface area contributed by atoms with Gasteiger partial charge in [0.2, 0.25) is 5.82 Å². The lowest BCUT2D eigenvalue weighted by Gasteiger charge is -2.08. The van der Waals surface area contributed by atoms with Gasteiger partial charge >= 0.3 is 0 Å². The maximum atomic E-state index is 4.83. The van der Waals surface area contributed by atoms with E-state index in [0.717, 1.165) is 47.7 Å². The van der Waals surface area contributed by atoms with Gasteiger partial charge in [0.1, 0.15) is 5.82 Å². The van der Waals surface area contributed by atoms with Crippen LogP contribution in [0.5, 0.6) is 0 Å². The minimum Gasteiger partial charge on any atom is -0.264 e. The van der Waals surface area contributed by atoms with Crippen molar-refractivity contribution in [3.05, 3.63) is 59.9 Å². The van der Waals surface area contributed by atoms with Gasteiger partial charge in [0.25, 0.3) is 0 Å². The first-order chi connectivity index (χ1) is 15.2. The second kappa shape index (κ2) is 9.59. The third-order valence-electron chi connectivity index (χ3n) is 5.29. The SMILES string of the molecule is CCCCCn1nc(C(C)C)nc1Cc1ccc(-c2cnccc2-c2nn[nH]n2)cc1. The van der Waals surface area contributed by atoms with Gasteiger partial charge in [-0.25, -0.2) is 9.67 Å². The third-order valence-corrected chi connectivity index (χ3v) is 5.29. The van der Waals surface area contributed by atoms with E-state index in [9.17, 15) is 0 Å². The largest absolute Gasteiger partial charge is 0.264 e. The molecule has 3 heterocycles. The lowest BCUT2D eigenvalue weighted by atomic mass is 9.99. The Morgan fingerprint density at radius 3 is 2.58 bits per heavy atom. The zero-order valence-corrected chi connectivity index (χ0v) is 18.3. The van der Waals surface area contributed by atoms with E-state index in [2.05, 4.69) is 75.3 Å². The van der Waals surface area contributed by atoms with Crippen molar-refractivity contribution in [3.63, 3.8) is 0 Å². The van der Waals surface area contributed by atoms with Crippen molar-refractivity contribution in [1.82, 2.24) is 40.4 Å². The van der Waals surface area contributed by atoms with E-state index in [0.29, 0.717) is 11.7 Å². The Kier molecular flexibility index (Phi) is 6.45. The molecule has 0 fully saturated rings. The van der Waals surface area contributed by atoms with Gasteiger partial charge in [0.05, 0.1) is 0 Å². The summed E-state index contributed by atoms with van der Waals surface area (Å²) in [4.78, 5) is 9.11. The van der Waals surface area contributed by atoms with Gasteiger partial charge in [0.15, 0.2) is 5.82 Å². The zero-order chi connectivity index (χ0) is 21.6. The minimum atomic E-state index is 0.322. The number of aromatic amines is 1. The number of aromatic nitrogens is 8. The zero-order valence-electron chi connectivity index (χ0n) is 18.3. The smallest absolute Gasteiger partial charge is 0.205 e. The van der Waals surface area contributed by atoms with Crippen LogP contribution in [0.25, 0.3) is 22.5 Å². The molecule has 1 N–H and O–H groups in total. The maximum Gasteiger partial charge on any atom is 0.205 e. The minimum absolute atomic E-state index is 0.322. The monoisotopic (exact) mass is 416 g/mol. The molecule has 0 saturated heterocycles. The van der Waals surface area contributed by atoms with Crippen molar-refractivity contribution in [2.45, 2.75) is 58.9 Å². The quantitative estimate of drug-likeness (QED) is 0.406. The van der Waals surface area contributed by atoms with Gasteiger partial charge in [-0.1, -0.05) is 57.9 Å². The molecule has 0 unspecified atom stereocenters. The molecule has 0 aliphatic rings. The highest BCUT2D eigenvalue weighted by molar-refractivity contribution is 5.79. The molecule has 8 heteroatoms. The molecule has 31 heavy (non-hydrogen) atoms. The normalized spacial score (nSPS) is 11.4. The Balaban J connectivity index is 1.56. The molecule has 8 nitrogen and oxygen atoms in total. The number of pyridine rings is 1. The molecule has 4 rings (SSSR count). The molecule has 0 amide bonds. The van der Waals surface area contributed by atoms with E-state index < -0.39 is 0 Å². The van der Waals surface area contributed by atoms with Crippen LogP contribution in [-0.2, 0) is 13.0 Å². The van der Waals surface area contributed by atoms with Crippen molar-refractivity contribution in [2.24, 2.45) is 0 Å². The Morgan fingerprint density at radius 1 is 1.03 bits per heavy atom. The van der Waals surface area contributed by atoms with Crippen LogP contribution in [0.1, 0.15) is 63.2 Å². The van der Waals surface area contributed by atoms with Gasteiger partial charge in [-0.05, 0) is 28.8 Å². The van der Waals surface area contributed by atoms with Gasteiger partial charge in [-0.2, -0.15) is 10.3 Å². The highest BCUT2D eigenvalue weighted by Gasteiger charge is 2.14. The molecule has 0 saturated carbocycles. The van der Waals surface area contributed by atoms with Crippen molar-refractivity contribution in [1.29, 1.82) is 0 Å². The second-order valence-electron chi connectivity index (χ2n) is 8.00. The van der Waals surface area contributed by atoms with Crippen LogP contribution in [0, 0.1) is 0 Å². The van der Waals surface area contributed by atoms with Crippen LogP contribution >= 0.6 is 0 Å². The lowest BCUT2D eigenvalue weighted by Crippen LogP contribution is -2.07. The van der Waals surface area contributed by atoms with E-state index in [1.807, 2.05) is 12.3 Å². The van der Waals surface area contributed by atoms with E-state index in [-0.39, 0.29) is 0 Å². The van der Waals surface area contributed by atoms with Crippen LogP contribution in [-0.4, -0.2) is 40.4 Å². The molecular formula is C23H28N8. The first kappa shape index (κ1) is 20.8. The van der Waals surface area contributed by atoms with E-state index in [1.54, 1.807) is 6.20 Å². The Hall–Kier alpha value is -3.42. The van der Waals surface area contributed by atoms with Crippen LogP contribution < -0.4 is 0 Å². The molecule has 0 aliphatic heterocycles. The fraction of sp³-hybridized carbons (Fsp3) is 0.391.